The molecule has 0 aromatic heterocycles. The van der Waals surface area contributed by atoms with Crippen LogP contribution in [0.3, 0.4) is 0 Å². The van der Waals surface area contributed by atoms with Crippen molar-refractivity contribution in [2.45, 2.75) is 37.3 Å². The van der Waals surface area contributed by atoms with E-state index >= 15 is 0 Å². The second-order valence-electron chi connectivity index (χ2n) is 8.11. The zero-order valence-electron chi connectivity index (χ0n) is 18.2. The van der Waals surface area contributed by atoms with Crippen molar-refractivity contribution in [2.75, 3.05) is 25.4 Å². The van der Waals surface area contributed by atoms with Gasteiger partial charge in [0.1, 0.15) is 0 Å². The fourth-order valence-corrected chi connectivity index (χ4v) is 6.45. The summed E-state index contributed by atoms with van der Waals surface area (Å²) in [6.45, 7) is 5.46. The first-order valence-electron chi connectivity index (χ1n) is 10.6. The summed E-state index contributed by atoms with van der Waals surface area (Å²) in [6, 6.07) is 10.2. The van der Waals surface area contributed by atoms with Gasteiger partial charge in [-0.1, -0.05) is 42.3 Å². The number of carbonyl (C=O) groups is 1. The molecule has 0 radical (unpaired) electrons. The molecular formula is C23H28Cl2N2O3S2. The molecule has 174 valence electrons. The Kier molecular flexibility index (Phi) is 8.92. The number of piperidine rings is 1. The number of hydrogen-bond acceptors (Lipinski definition) is 4. The fourth-order valence-electron chi connectivity index (χ4n) is 3.53. The molecule has 0 bridgehead atoms. The van der Waals surface area contributed by atoms with E-state index < -0.39 is 10.0 Å². The van der Waals surface area contributed by atoms with E-state index in [2.05, 4.69) is 12.2 Å². The first kappa shape index (κ1) is 25.4. The van der Waals surface area contributed by atoms with Gasteiger partial charge in [0.2, 0.25) is 10.0 Å². The maximum atomic E-state index is 13.0. The van der Waals surface area contributed by atoms with Gasteiger partial charge in [0, 0.05) is 46.7 Å². The van der Waals surface area contributed by atoms with Gasteiger partial charge in [-0.2, -0.15) is 16.1 Å². The predicted molar refractivity (Wildman–Crippen MR) is 133 cm³/mol. The minimum Gasteiger partial charge on any atom is -0.351 e. The Balaban J connectivity index is 1.57. The van der Waals surface area contributed by atoms with Gasteiger partial charge in [0.15, 0.2) is 0 Å². The molecule has 2 aromatic carbocycles. The Morgan fingerprint density at radius 3 is 2.56 bits per heavy atom. The molecule has 1 fully saturated rings. The van der Waals surface area contributed by atoms with Crippen molar-refractivity contribution in [1.82, 2.24) is 9.62 Å². The van der Waals surface area contributed by atoms with E-state index in [1.54, 1.807) is 36.0 Å². The standard InChI is InChI=1S/C23H28Cl2N2O3S2/c1-16-7-10-27(11-8-16)32(29,30)20-6-3-17(2)21(14-20)23(28)26-9-12-31-15-18-4-5-19(24)13-22(18)25/h3-6,13-14,16H,7-12,15H2,1-2H3,(H,26,28). The Bertz CT molecular complexity index is 1070. The summed E-state index contributed by atoms with van der Waals surface area (Å²) in [5.41, 5.74) is 2.13. The van der Waals surface area contributed by atoms with Crippen LogP contribution in [-0.2, 0) is 15.8 Å². The number of hydrogen-bond donors (Lipinski definition) is 1. The average molecular weight is 516 g/mol. The van der Waals surface area contributed by atoms with Crippen molar-refractivity contribution in [2.24, 2.45) is 5.92 Å². The molecule has 0 aliphatic carbocycles. The average Bonchev–Trinajstić information content (AvgIpc) is 2.75. The zero-order chi connectivity index (χ0) is 23.3. The summed E-state index contributed by atoms with van der Waals surface area (Å²) in [6.07, 6.45) is 1.72. The smallest absolute Gasteiger partial charge is 0.251 e. The molecule has 2 aromatic rings. The molecule has 0 unspecified atom stereocenters. The second kappa shape index (κ2) is 11.3. The molecule has 0 saturated carbocycles. The summed E-state index contributed by atoms with van der Waals surface area (Å²) >= 11 is 13.8. The van der Waals surface area contributed by atoms with Crippen molar-refractivity contribution >= 4 is 50.9 Å². The Morgan fingerprint density at radius 2 is 1.88 bits per heavy atom. The summed E-state index contributed by atoms with van der Waals surface area (Å²) in [7, 11) is -3.60. The Labute approximate surface area is 204 Å². The highest BCUT2D eigenvalue weighted by molar-refractivity contribution is 7.98. The third-order valence-corrected chi connectivity index (χ3v) is 9.13. The number of nitrogens with zero attached hydrogens (tertiary/aromatic N) is 1. The van der Waals surface area contributed by atoms with Crippen LogP contribution in [0, 0.1) is 12.8 Å². The van der Waals surface area contributed by atoms with Crippen LogP contribution in [0.4, 0.5) is 0 Å². The minimum atomic E-state index is -3.60. The van der Waals surface area contributed by atoms with Gasteiger partial charge in [0.05, 0.1) is 4.90 Å². The van der Waals surface area contributed by atoms with E-state index in [1.165, 1.54) is 10.4 Å². The molecule has 0 atom stereocenters. The number of nitrogens with one attached hydrogen (secondary N) is 1. The number of rotatable bonds is 8. The lowest BCUT2D eigenvalue weighted by Gasteiger charge is -2.29. The first-order chi connectivity index (χ1) is 15.2. The van der Waals surface area contributed by atoms with Crippen molar-refractivity contribution in [3.63, 3.8) is 0 Å². The molecule has 1 amide bonds. The van der Waals surface area contributed by atoms with E-state index in [9.17, 15) is 13.2 Å². The third kappa shape index (κ3) is 6.41. The van der Waals surface area contributed by atoms with Crippen molar-refractivity contribution < 1.29 is 13.2 Å². The van der Waals surface area contributed by atoms with Crippen LogP contribution < -0.4 is 5.32 Å². The van der Waals surface area contributed by atoms with Gasteiger partial charge in [-0.3, -0.25) is 4.79 Å². The molecule has 1 saturated heterocycles. The van der Waals surface area contributed by atoms with E-state index in [1.807, 2.05) is 13.0 Å². The Morgan fingerprint density at radius 1 is 1.16 bits per heavy atom. The third-order valence-electron chi connectivity index (χ3n) is 5.64. The predicted octanol–water partition coefficient (Wildman–Crippen LogP) is 5.39. The second-order valence-corrected chi connectivity index (χ2v) is 12.0. The van der Waals surface area contributed by atoms with Crippen LogP contribution >= 0.6 is 35.0 Å². The molecular weight excluding hydrogens is 487 g/mol. The van der Waals surface area contributed by atoms with Gasteiger partial charge in [-0.05, 0) is 61.1 Å². The number of amides is 1. The number of benzene rings is 2. The normalized spacial score (nSPS) is 15.6. The molecule has 1 aliphatic heterocycles. The number of thioether (sulfide) groups is 1. The molecule has 1 aliphatic rings. The van der Waals surface area contributed by atoms with E-state index in [4.69, 9.17) is 23.2 Å². The fraction of sp³-hybridized carbons (Fsp3) is 0.435. The first-order valence-corrected chi connectivity index (χ1v) is 13.9. The monoisotopic (exact) mass is 514 g/mol. The minimum absolute atomic E-state index is 0.176. The molecule has 32 heavy (non-hydrogen) atoms. The summed E-state index contributed by atoms with van der Waals surface area (Å²) in [5.74, 6) is 1.69. The lowest BCUT2D eigenvalue weighted by atomic mass is 10.0. The molecule has 0 spiro atoms. The van der Waals surface area contributed by atoms with Crippen molar-refractivity contribution in [3.05, 3.63) is 63.1 Å². The van der Waals surface area contributed by atoms with Gasteiger partial charge in [-0.25, -0.2) is 8.42 Å². The Hall–Kier alpha value is -1.25. The van der Waals surface area contributed by atoms with Crippen LogP contribution in [0.1, 0.15) is 41.3 Å². The van der Waals surface area contributed by atoms with Crippen LogP contribution in [0.25, 0.3) is 0 Å². The summed E-state index contributed by atoms with van der Waals surface area (Å²) < 4.78 is 27.6. The van der Waals surface area contributed by atoms with Gasteiger partial charge in [0.25, 0.3) is 5.91 Å². The summed E-state index contributed by atoms with van der Waals surface area (Å²) in [4.78, 5) is 12.9. The maximum absolute atomic E-state index is 13.0. The SMILES string of the molecule is Cc1ccc(S(=O)(=O)N2CCC(C)CC2)cc1C(=O)NCCSCc1ccc(Cl)cc1Cl. The van der Waals surface area contributed by atoms with Crippen molar-refractivity contribution in [3.8, 4) is 0 Å². The van der Waals surface area contributed by atoms with E-state index in [-0.39, 0.29) is 10.8 Å². The van der Waals surface area contributed by atoms with E-state index in [0.717, 1.165) is 24.0 Å². The molecule has 5 nitrogen and oxygen atoms in total. The quantitative estimate of drug-likeness (QED) is 0.479. The number of carbonyl (C=O) groups excluding carboxylic acids is 1. The van der Waals surface area contributed by atoms with Crippen LogP contribution in [-0.4, -0.2) is 44.0 Å². The molecule has 3 rings (SSSR count). The van der Waals surface area contributed by atoms with Gasteiger partial charge >= 0.3 is 0 Å². The van der Waals surface area contributed by atoms with Gasteiger partial charge < -0.3 is 5.32 Å². The number of halogens is 2. The molecule has 9 heteroatoms. The van der Waals surface area contributed by atoms with Crippen LogP contribution in [0.15, 0.2) is 41.3 Å². The van der Waals surface area contributed by atoms with E-state index in [0.29, 0.717) is 52.7 Å². The number of aryl methyl sites for hydroxylation is 1. The van der Waals surface area contributed by atoms with Crippen molar-refractivity contribution in [1.29, 1.82) is 0 Å². The highest BCUT2D eigenvalue weighted by atomic mass is 35.5. The molecule has 1 N–H and O–H groups in total. The lowest BCUT2D eigenvalue weighted by molar-refractivity contribution is 0.0955. The topological polar surface area (TPSA) is 66.5 Å². The highest BCUT2D eigenvalue weighted by Crippen LogP contribution is 2.26. The maximum Gasteiger partial charge on any atom is 0.251 e. The molecule has 1 heterocycles. The lowest BCUT2D eigenvalue weighted by Crippen LogP contribution is -2.38. The highest BCUT2D eigenvalue weighted by Gasteiger charge is 2.28. The zero-order valence-corrected chi connectivity index (χ0v) is 21.4. The summed E-state index contributed by atoms with van der Waals surface area (Å²) in [5, 5.41) is 4.12. The van der Waals surface area contributed by atoms with Crippen LogP contribution in [0.2, 0.25) is 10.0 Å². The number of sulfonamides is 1. The van der Waals surface area contributed by atoms with Crippen LogP contribution in [0.5, 0.6) is 0 Å². The van der Waals surface area contributed by atoms with Gasteiger partial charge in [-0.15, -0.1) is 0 Å². The largest absolute Gasteiger partial charge is 0.351 e.